The summed E-state index contributed by atoms with van der Waals surface area (Å²) in [5, 5.41) is 12.2. The standard InChI is InChI=1S/C15H16F2N4O2/c16-10-5-12-13(6-11(10)17)20-14(8-18-12)19-7-9-3-1-2-4-21(9)15(22)23/h5-6,8-9H,1-4,7H2,(H,19,20)(H,22,23)/t9-/m0/s1. The van der Waals surface area contributed by atoms with Gasteiger partial charge < -0.3 is 15.3 Å². The Morgan fingerprint density at radius 3 is 2.78 bits per heavy atom. The molecule has 1 amide bonds. The van der Waals surface area contributed by atoms with Crippen LogP contribution in [-0.4, -0.2) is 45.2 Å². The number of rotatable bonds is 3. The third-order valence-electron chi connectivity index (χ3n) is 3.98. The van der Waals surface area contributed by atoms with Crippen LogP contribution in [0.5, 0.6) is 0 Å². The lowest BCUT2D eigenvalue weighted by atomic mass is 10.0. The van der Waals surface area contributed by atoms with Gasteiger partial charge in [0.15, 0.2) is 11.6 Å². The molecule has 0 bridgehead atoms. The summed E-state index contributed by atoms with van der Waals surface area (Å²) in [6.45, 7) is 0.922. The van der Waals surface area contributed by atoms with Gasteiger partial charge in [-0.2, -0.15) is 0 Å². The van der Waals surface area contributed by atoms with Crippen LogP contribution in [0.25, 0.3) is 11.0 Å². The van der Waals surface area contributed by atoms with Crippen molar-refractivity contribution < 1.29 is 18.7 Å². The van der Waals surface area contributed by atoms with Gasteiger partial charge in [0.25, 0.3) is 0 Å². The lowest BCUT2D eigenvalue weighted by Crippen LogP contribution is -2.46. The molecule has 1 saturated heterocycles. The predicted molar refractivity (Wildman–Crippen MR) is 80.3 cm³/mol. The van der Waals surface area contributed by atoms with Gasteiger partial charge in [-0.15, -0.1) is 0 Å². The maximum absolute atomic E-state index is 13.3. The van der Waals surface area contributed by atoms with Gasteiger partial charge in [0, 0.05) is 25.2 Å². The van der Waals surface area contributed by atoms with Crippen molar-refractivity contribution in [1.29, 1.82) is 0 Å². The fourth-order valence-electron chi connectivity index (χ4n) is 2.78. The number of hydrogen-bond acceptors (Lipinski definition) is 4. The summed E-state index contributed by atoms with van der Waals surface area (Å²) in [7, 11) is 0. The number of aromatic nitrogens is 2. The largest absolute Gasteiger partial charge is 0.465 e. The SMILES string of the molecule is O=C(O)N1CCCC[C@H]1CNc1cnc2cc(F)c(F)cc2n1. The molecule has 2 heterocycles. The van der Waals surface area contributed by atoms with E-state index in [1.165, 1.54) is 11.1 Å². The molecule has 2 N–H and O–H groups in total. The average Bonchev–Trinajstić information content (AvgIpc) is 2.54. The molecular formula is C15H16F2N4O2. The highest BCUT2D eigenvalue weighted by atomic mass is 19.2. The van der Waals surface area contributed by atoms with Crippen molar-refractivity contribution in [3.8, 4) is 0 Å². The number of nitrogens with one attached hydrogen (secondary N) is 1. The first-order valence-corrected chi connectivity index (χ1v) is 7.40. The first kappa shape index (κ1) is 15.4. The second kappa shape index (κ2) is 6.31. The Labute approximate surface area is 131 Å². The molecule has 1 atom stereocenters. The minimum Gasteiger partial charge on any atom is -0.465 e. The Kier molecular flexibility index (Phi) is 4.22. The maximum Gasteiger partial charge on any atom is 0.407 e. The normalized spacial score (nSPS) is 18.2. The number of piperidine rings is 1. The van der Waals surface area contributed by atoms with Gasteiger partial charge in [-0.05, 0) is 19.3 Å². The Balaban J connectivity index is 1.73. The molecule has 8 heteroatoms. The lowest BCUT2D eigenvalue weighted by Gasteiger charge is -2.33. The number of benzene rings is 1. The minimum atomic E-state index is -0.978. The molecule has 3 rings (SSSR count). The van der Waals surface area contributed by atoms with E-state index in [4.69, 9.17) is 0 Å². The number of nitrogens with zero attached hydrogens (tertiary/aromatic N) is 3. The molecule has 122 valence electrons. The minimum absolute atomic E-state index is 0.135. The number of carbonyl (C=O) groups is 1. The van der Waals surface area contributed by atoms with Crippen LogP contribution in [0.1, 0.15) is 19.3 Å². The summed E-state index contributed by atoms with van der Waals surface area (Å²) in [6, 6.07) is 1.85. The summed E-state index contributed by atoms with van der Waals surface area (Å²) in [5.41, 5.74) is 0.506. The number of anilines is 1. The van der Waals surface area contributed by atoms with Crippen molar-refractivity contribution in [2.45, 2.75) is 25.3 Å². The van der Waals surface area contributed by atoms with Crippen LogP contribution in [0, 0.1) is 11.6 Å². The number of amides is 1. The molecule has 23 heavy (non-hydrogen) atoms. The predicted octanol–water partition coefficient (Wildman–Crippen LogP) is 2.85. The van der Waals surface area contributed by atoms with Crippen LogP contribution in [0.2, 0.25) is 0 Å². The summed E-state index contributed by atoms with van der Waals surface area (Å²) >= 11 is 0. The van der Waals surface area contributed by atoms with Crippen LogP contribution < -0.4 is 5.32 Å². The van der Waals surface area contributed by atoms with E-state index in [9.17, 15) is 18.7 Å². The molecule has 0 unspecified atom stereocenters. The lowest BCUT2D eigenvalue weighted by molar-refractivity contribution is 0.110. The summed E-state index contributed by atoms with van der Waals surface area (Å²) in [6.07, 6.45) is 3.11. The fourth-order valence-corrected chi connectivity index (χ4v) is 2.78. The molecular weight excluding hydrogens is 306 g/mol. The fraction of sp³-hybridized carbons (Fsp3) is 0.400. The molecule has 0 saturated carbocycles. The van der Waals surface area contributed by atoms with Crippen molar-refractivity contribution in [2.24, 2.45) is 0 Å². The zero-order valence-electron chi connectivity index (χ0n) is 12.3. The molecule has 1 aromatic heterocycles. The summed E-state index contributed by atoms with van der Waals surface area (Å²) < 4.78 is 26.4. The Morgan fingerprint density at radius 2 is 2.04 bits per heavy atom. The van der Waals surface area contributed by atoms with Crippen LogP contribution in [0.4, 0.5) is 19.4 Å². The third-order valence-corrected chi connectivity index (χ3v) is 3.98. The molecule has 2 aromatic rings. The average molecular weight is 322 g/mol. The number of hydrogen-bond donors (Lipinski definition) is 2. The van der Waals surface area contributed by atoms with Gasteiger partial charge in [-0.1, -0.05) is 0 Å². The van der Waals surface area contributed by atoms with Crippen molar-refractivity contribution >= 4 is 22.9 Å². The van der Waals surface area contributed by atoms with Gasteiger partial charge in [0.05, 0.1) is 23.3 Å². The zero-order valence-corrected chi connectivity index (χ0v) is 12.3. The van der Waals surface area contributed by atoms with E-state index in [1.807, 2.05) is 0 Å². The zero-order chi connectivity index (χ0) is 16.4. The van der Waals surface area contributed by atoms with Gasteiger partial charge in [-0.25, -0.2) is 18.6 Å². The number of likely N-dealkylation sites (tertiary alicyclic amines) is 1. The highest BCUT2D eigenvalue weighted by Gasteiger charge is 2.26. The molecule has 1 fully saturated rings. The van der Waals surface area contributed by atoms with Crippen molar-refractivity contribution in [3.05, 3.63) is 30.0 Å². The maximum atomic E-state index is 13.3. The molecule has 1 aliphatic rings. The van der Waals surface area contributed by atoms with Gasteiger partial charge >= 0.3 is 6.09 Å². The van der Waals surface area contributed by atoms with Gasteiger partial charge in [0.1, 0.15) is 5.82 Å². The number of fused-ring (bicyclic) bond motifs is 1. The van der Waals surface area contributed by atoms with Crippen molar-refractivity contribution in [2.75, 3.05) is 18.4 Å². The first-order chi connectivity index (χ1) is 11.0. The monoisotopic (exact) mass is 322 g/mol. The second-order valence-electron chi connectivity index (χ2n) is 5.52. The van der Waals surface area contributed by atoms with E-state index in [0.29, 0.717) is 18.9 Å². The molecule has 0 radical (unpaired) electrons. The molecule has 0 spiro atoms. The molecule has 6 nitrogen and oxygen atoms in total. The number of carboxylic acid groups (broad SMARTS) is 1. The van der Waals surface area contributed by atoms with Crippen LogP contribution in [0.15, 0.2) is 18.3 Å². The smallest absolute Gasteiger partial charge is 0.407 e. The van der Waals surface area contributed by atoms with E-state index < -0.39 is 17.7 Å². The van der Waals surface area contributed by atoms with E-state index in [2.05, 4.69) is 15.3 Å². The molecule has 1 aliphatic heterocycles. The van der Waals surface area contributed by atoms with Crippen molar-refractivity contribution in [3.63, 3.8) is 0 Å². The first-order valence-electron chi connectivity index (χ1n) is 7.40. The van der Waals surface area contributed by atoms with Gasteiger partial charge in [-0.3, -0.25) is 4.98 Å². The summed E-state index contributed by atoms with van der Waals surface area (Å²) in [5.74, 6) is -1.54. The van der Waals surface area contributed by atoms with Crippen LogP contribution in [0.3, 0.4) is 0 Å². The van der Waals surface area contributed by atoms with Gasteiger partial charge in [0.2, 0.25) is 0 Å². The van der Waals surface area contributed by atoms with Crippen LogP contribution >= 0.6 is 0 Å². The highest BCUT2D eigenvalue weighted by Crippen LogP contribution is 2.19. The molecule has 1 aromatic carbocycles. The van der Waals surface area contributed by atoms with E-state index >= 15 is 0 Å². The van der Waals surface area contributed by atoms with E-state index in [1.54, 1.807) is 0 Å². The third kappa shape index (κ3) is 3.30. The Hall–Kier alpha value is -2.51. The Bertz CT molecular complexity index is 741. The van der Waals surface area contributed by atoms with E-state index in [-0.39, 0.29) is 17.1 Å². The van der Waals surface area contributed by atoms with E-state index in [0.717, 1.165) is 31.4 Å². The Morgan fingerprint density at radius 1 is 1.30 bits per heavy atom. The molecule has 0 aliphatic carbocycles. The summed E-state index contributed by atoms with van der Waals surface area (Å²) in [4.78, 5) is 20.9. The second-order valence-corrected chi connectivity index (χ2v) is 5.52. The topological polar surface area (TPSA) is 78.4 Å². The van der Waals surface area contributed by atoms with Crippen LogP contribution in [-0.2, 0) is 0 Å². The number of halogens is 2. The quantitative estimate of drug-likeness (QED) is 0.908. The van der Waals surface area contributed by atoms with Crippen molar-refractivity contribution in [1.82, 2.24) is 14.9 Å². The highest BCUT2D eigenvalue weighted by molar-refractivity contribution is 5.75.